The number of hydrogen-bond acceptors (Lipinski definition) is 3. The molecule has 0 atom stereocenters. The number of fused-ring (bicyclic) bond motifs is 1. The molecule has 0 saturated heterocycles. The Kier molecular flexibility index (Phi) is 6.00. The molecule has 0 bridgehead atoms. The first-order valence-electron chi connectivity index (χ1n) is 10.5. The molecule has 11 heteroatoms. The van der Waals surface area contributed by atoms with Crippen molar-refractivity contribution >= 4 is 29.5 Å². The fraction of sp³-hybridized carbons (Fsp3) is 0.0800. The summed E-state index contributed by atoms with van der Waals surface area (Å²) in [5.41, 5.74) is 0.648. The van der Waals surface area contributed by atoms with Crippen LogP contribution in [0, 0.1) is 0 Å². The number of rotatable bonds is 4. The van der Waals surface area contributed by atoms with Crippen LogP contribution in [0.25, 0.3) is 16.9 Å². The van der Waals surface area contributed by atoms with Gasteiger partial charge in [-0.1, -0.05) is 41.6 Å². The van der Waals surface area contributed by atoms with Gasteiger partial charge in [-0.3, -0.25) is 4.98 Å². The number of pyridine rings is 2. The quantitative estimate of drug-likeness (QED) is 0.231. The van der Waals surface area contributed by atoms with Crippen molar-refractivity contribution in [3.05, 3.63) is 102 Å². The fourth-order valence-electron chi connectivity index (χ4n) is 3.77. The molecule has 0 radical (unpaired) electrons. The van der Waals surface area contributed by atoms with E-state index in [0.717, 1.165) is 24.3 Å². The summed E-state index contributed by atoms with van der Waals surface area (Å²) in [6.07, 6.45) is -7.42. The summed E-state index contributed by atoms with van der Waals surface area (Å²) < 4.78 is 80.6. The second-order valence-electron chi connectivity index (χ2n) is 7.76. The zero-order chi connectivity index (χ0) is 25.5. The maximum atomic E-state index is 13.2. The van der Waals surface area contributed by atoms with Crippen LogP contribution in [-0.2, 0) is 12.4 Å². The first-order chi connectivity index (χ1) is 17.1. The van der Waals surface area contributed by atoms with E-state index in [9.17, 15) is 26.3 Å². The van der Waals surface area contributed by atoms with Crippen LogP contribution in [0.3, 0.4) is 0 Å². The number of alkyl halides is 6. The molecule has 0 fully saturated rings. The van der Waals surface area contributed by atoms with Gasteiger partial charge < -0.3 is 0 Å². The van der Waals surface area contributed by atoms with Crippen LogP contribution in [0.4, 0.5) is 26.3 Å². The molecule has 0 saturated carbocycles. The van der Waals surface area contributed by atoms with Crippen molar-refractivity contribution in [1.82, 2.24) is 19.8 Å². The molecule has 5 rings (SSSR count). The van der Waals surface area contributed by atoms with Crippen LogP contribution >= 0.6 is 7.92 Å². The van der Waals surface area contributed by atoms with Gasteiger partial charge in [-0.25, -0.2) is 4.52 Å². The minimum absolute atomic E-state index is 0.507. The van der Waals surface area contributed by atoms with Crippen LogP contribution in [0.15, 0.2) is 91.1 Å². The number of hydrogen-bond donors (Lipinski definition) is 0. The molecule has 3 heterocycles. The molecule has 182 valence electrons. The van der Waals surface area contributed by atoms with Crippen molar-refractivity contribution < 1.29 is 26.3 Å². The number of aromatic nitrogens is 4. The highest BCUT2D eigenvalue weighted by molar-refractivity contribution is 7.79. The van der Waals surface area contributed by atoms with Gasteiger partial charge in [-0.15, -0.1) is 5.10 Å². The summed E-state index contributed by atoms with van der Waals surface area (Å²) in [5.74, 6) is 0. The molecule has 0 aliphatic heterocycles. The third kappa shape index (κ3) is 4.56. The Labute approximate surface area is 202 Å². The smallest absolute Gasteiger partial charge is 0.254 e. The predicted octanol–water partition coefficient (Wildman–Crippen LogP) is 5.59. The Balaban J connectivity index is 1.68. The number of benzene rings is 2. The molecule has 0 amide bonds. The molecule has 4 nitrogen and oxygen atoms in total. The van der Waals surface area contributed by atoms with E-state index in [0.29, 0.717) is 32.9 Å². The Hall–Kier alpha value is -3.78. The summed E-state index contributed by atoms with van der Waals surface area (Å²) in [6.45, 7) is 0. The molecule has 0 aliphatic rings. The van der Waals surface area contributed by atoms with Crippen molar-refractivity contribution in [2.45, 2.75) is 12.4 Å². The zero-order valence-electron chi connectivity index (χ0n) is 18.2. The Morgan fingerprint density at radius 3 is 1.72 bits per heavy atom. The van der Waals surface area contributed by atoms with Gasteiger partial charge in [0, 0.05) is 14.1 Å². The summed E-state index contributed by atoms with van der Waals surface area (Å²) in [6, 6.07) is 19.9. The second kappa shape index (κ2) is 9.02. The Morgan fingerprint density at radius 1 is 0.639 bits per heavy atom. The fourth-order valence-corrected chi connectivity index (χ4v) is 6.06. The first kappa shape index (κ1) is 23.9. The van der Waals surface area contributed by atoms with Crippen molar-refractivity contribution in [2.75, 3.05) is 0 Å². The van der Waals surface area contributed by atoms with Crippen molar-refractivity contribution in [1.29, 1.82) is 0 Å². The molecule has 36 heavy (non-hydrogen) atoms. The summed E-state index contributed by atoms with van der Waals surface area (Å²) in [7, 11) is -1.59. The van der Waals surface area contributed by atoms with Gasteiger partial charge in [0.1, 0.15) is 5.69 Å². The highest BCUT2D eigenvalue weighted by Gasteiger charge is 2.32. The standard InChI is InChI=1S/C25H15F6N4P/c26-24(27,28)16-7-11-18(12-8-16)36(19-13-9-17(10-14-19)25(29,30)31)22-6-3-5-21-23(33-34-35(21)22)20-4-1-2-15-32-20/h1-15H. The lowest BCUT2D eigenvalue weighted by atomic mass is 10.2. The van der Waals surface area contributed by atoms with Gasteiger partial charge in [-0.2, -0.15) is 26.3 Å². The number of halogens is 6. The van der Waals surface area contributed by atoms with Crippen molar-refractivity contribution in [3.8, 4) is 11.4 Å². The van der Waals surface area contributed by atoms with Gasteiger partial charge in [0.2, 0.25) is 0 Å². The Bertz CT molecular complexity index is 1440. The third-order valence-electron chi connectivity index (χ3n) is 5.46. The maximum absolute atomic E-state index is 13.2. The van der Waals surface area contributed by atoms with Gasteiger partial charge in [0.15, 0.2) is 0 Å². The summed E-state index contributed by atoms with van der Waals surface area (Å²) in [4.78, 5) is 4.30. The second-order valence-corrected chi connectivity index (χ2v) is 9.92. The molecule has 3 aromatic heterocycles. The van der Waals surface area contributed by atoms with Crippen LogP contribution in [0.2, 0.25) is 0 Å². The molecule has 0 N–H and O–H groups in total. The van der Waals surface area contributed by atoms with E-state index >= 15 is 0 Å². The summed E-state index contributed by atoms with van der Waals surface area (Å²) in [5, 5.41) is 9.54. The minimum Gasteiger partial charge on any atom is -0.254 e. The topological polar surface area (TPSA) is 43.1 Å². The lowest BCUT2D eigenvalue weighted by Gasteiger charge is -2.21. The average molecular weight is 516 g/mol. The lowest BCUT2D eigenvalue weighted by molar-refractivity contribution is -0.138. The van der Waals surface area contributed by atoms with E-state index in [-0.39, 0.29) is 0 Å². The molecule has 0 unspecified atom stereocenters. The largest absolute Gasteiger partial charge is 0.416 e. The molecule has 5 aromatic rings. The highest BCUT2D eigenvalue weighted by atomic mass is 31.1. The molecular weight excluding hydrogens is 501 g/mol. The van der Waals surface area contributed by atoms with E-state index in [2.05, 4.69) is 15.3 Å². The zero-order valence-corrected chi connectivity index (χ0v) is 19.1. The van der Waals surface area contributed by atoms with Crippen LogP contribution in [0.1, 0.15) is 11.1 Å². The van der Waals surface area contributed by atoms with Gasteiger partial charge in [-0.05, 0) is 59.1 Å². The van der Waals surface area contributed by atoms with Crippen molar-refractivity contribution in [3.63, 3.8) is 0 Å². The van der Waals surface area contributed by atoms with Crippen LogP contribution in [0.5, 0.6) is 0 Å². The van der Waals surface area contributed by atoms with E-state index in [1.165, 1.54) is 24.3 Å². The lowest BCUT2D eigenvalue weighted by Crippen LogP contribution is -2.26. The van der Waals surface area contributed by atoms with E-state index in [1.54, 1.807) is 47.1 Å². The Morgan fingerprint density at radius 2 is 1.22 bits per heavy atom. The SMILES string of the molecule is FC(F)(F)c1ccc(P(c2ccc(C(F)(F)F)cc2)c2cccc3c(-c4ccccn4)nnn23)cc1. The van der Waals surface area contributed by atoms with E-state index in [1.807, 2.05) is 0 Å². The summed E-state index contributed by atoms with van der Waals surface area (Å²) >= 11 is 0. The molecule has 0 aliphatic carbocycles. The van der Waals surface area contributed by atoms with Gasteiger partial charge in [0.05, 0.1) is 27.8 Å². The minimum atomic E-state index is -4.51. The number of nitrogens with zero attached hydrogens (tertiary/aromatic N) is 4. The predicted molar refractivity (Wildman–Crippen MR) is 125 cm³/mol. The average Bonchev–Trinajstić information content (AvgIpc) is 3.29. The first-order valence-corrected chi connectivity index (χ1v) is 11.9. The normalized spacial score (nSPS) is 12.4. The molecular formula is C25H15F6N4P. The van der Waals surface area contributed by atoms with Gasteiger partial charge >= 0.3 is 12.4 Å². The third-order valence-corrected chi connectivity index (χ3v) is 7.89. The van der Waals surface area contributed by atoms with E-state index < -0.39 is 31.4 Å². The van der Waals surface area contributed by atoms with Crippen molar-refractivity contribution in [2.24, 2.45) is 0 Å². The monoisotopic (exact) mass is 516 g/mol. The van der Waals surface area contributed by atoms with Crippen LogP contribution in [-0.4, -0.2) is 19.8 Å². The molecule has 0 spiro atoms. The molecule has 2 aromatic carbocycles. The highest BCUT2D eigenvalue weighted by Crippen LogP contribution is 2.37. The van der Waals surface area contributed by atoms with Gasteiger partial charge in [0.25, 0.3) is 0 Å². The maximum Gasteiger partial charge on any atom is 0.416 e. The van der Waals surface area contributed by atoms with E-state index in [4.69, 9.17) is 0 Å². The van der Waals surface area contributed by atoms with Crippen LogP contribution < -0.4 is 16.0 Å².